The van der Waals surface area contributed by atoms with E-state index in [0.717, 1.165) is 36.9 Å². The number of nitrogens with zero attached hydrogens (tertiary/aromatic N) is 2. The summed E-state index contributed by atoms with van der Waals surface area (Å²) < 4.78 is 5.39. The zero-order valence-corrected chi connectivity index (χ0v) is 15.2. The van der Waals surface area contributed by atoms with Gasteiger partial charge < -0.3 is 15.4 Å². The number of aromatic nitrogens is 2. The average Bonchev–Trinajstić information content (AvgIpc) is 2.68. The molecule has 5 heteroatoms. The number of nitrogens with one attached hydrogen (secondary N) is 2. The van der Waals surface area contributed by atoms with Crippen LogP contribution >= 0.6 is 0 Å². The minimum Gasteiger partial charge on any atom is -0.496 e. The molecule has 0 radical (unpaired) electrons. The largest absolute Gasteiger partial charge is 0.496 e. The highest BCUT2D eigenvalue weighted by atomic mass is 16.5. The van der Waals surface area contributed by atoms with Gasteiger partial charge in [-0.1, -0.05) is 42.5 Å². The Kier molecular flexibility index (Phi) is 6.04. The molecule has 1 aromatic heterocycles. The SMILES string of the molecule is COc1ccccc1CCNc1cc(NCc2ccccc2C)ncn1. The van der Waals surface area contributed by atoms with Crippen LogP contribution < -0.4 is 15.4 Å². The molecule has 0 aliphatic heterocycles. The zero-order valence-electron chi connectivity index (χ0n) is 15.2. The van der Waals surface area contributed by atoms with Gasteiger partial charge in [0, 0.05) is 19.2 Å². The summed E-state index contributed by atoms with van der Waals surface area (Å²) in [6.07, 6.45) is 2.44. The van der Waals surface area contributed by atoms with E-state index in [9.17, 15) is 0 Å². The van der Waals surface area contributed by atoms with E-state index >= 15 is 0 Å². The summed E-state index contributed by atoms with van der Waals surface area (Å²) in [4.78, 5) is 8.59. The van der Waals surface area contributed by atoms with Crippen LogP contribution in [0.15, 0.2) is 60.9 Å². The van der Waals surface area contributed by atoms with E-state index in [1.165, 1.54) is 16.7 Å². The highest BCUT2D eigenvalue weighted by Gasteiger charge is 2.03. The minimum absolute atomic E-state index is 0.740. The molecule has 0 saturated heterocycles. The first-order chi connectivity index (χ1) is 12.8. The van der Waals surface area contributed by atoms with Gasteiger partial charge in [-0.2, -0.15) is 0 Å². The summed E-state index contributed by atoms with van der Waals surface area (Å²) in [5.74, 6) is 2.53. The molecule has 3 rings (SSSR count). The van der Waals surface area contributed by atoms with Crippen molar-refractivity contribution in [1.29, 1.82) is 0 Å². The van der Waals surface area contributed by atoms with Crippen LogP contribution in [0.1, 0.15) is 16.7 Å². The predicted molar refractivity (Wildman–Crippen MR) is 106 cm³/mol. The summed E-state index contributed by atoms with van der Waals surface area (Å²) in [5, 5.41) is 6.71. The number of benzene rings is 2. The van der Waals surface area contributed by atoms with Crippen LogP contribution in [0.3, 0.4) is 0 Å². The quantitative estimate of drug-likeness (QED) is 0.643. The number of rotatable bonds is 8. The van der Waals surface area contributed by atoms with Crippen LogP contribution in [0, 0.1) is 6.92 Å². The van der Waals surface area contributed by atoms with E-state index < -0.39 is 0 Å². The van der Waals surface area contributed by atoms with Crippen molar-refractivity contribution in [3.8, 4) is 5.75 Å². The summed E-state index contributed by atoms with van der Waals surface area (Å²) in [7, 11) is 1.70. The topological polar surface area (TPSA) is 59.1 Å². The van der Waals surface area contributed by atoms with Crippen molar-refractivity contribution >= 4 is 11.6 Å². The Balaban J connectivity index is 1.55. The fourth-order valence-electron chi connectivity index (χ4n) is 2.78. The lowest BCUT2D eigenvalue weighted by molar-refractivity contribution is 0.410. The van der Waals surface area contributed by atoms with Gasteiger partial charge in [0.05, 0.1) is 7.11 Å². The molecular weight excluding hydrogens is 324 g/mol. The normalized spacial score (nSPS) is 10.4. The Morgan fingerprint density at radius 1 is 0.885 bits per heavy atom. The lowest BCUT2D eigenvalue weighted by atomic mass is 10.1. The molecule has 134 valence electrons. The van der Waals surface area contributed by atoms with Crippen molar-refractivity contribution in [2.24, 2.45) is 0 Å². The Morgan fingerprint density at radius 3 is 2.35 bits per heavy atom. The number of anilines is 2. The molecule has 1 heterocycles. The van der Waals surface area contributed by atoms with Gasteiger partial charge in [0.2, 0.25) is 0 Å². The second kappa shape index (κ2) is 8.85. The molecule has 2 aromatic carbocycles. The molecule has 0 aliphatic rings. The number of aryl methyl sites for hydroxylation is 1. The molecule has 0 unspecified atom stereocenters. The van der Waals surface area contributed by atoms with Gasteiger partial charge in [-0.05, 0) is 36.1 Å². The van der Waals surface area contributed by atoms with Crippen LogP contribution in [0.4, 0.5) is 11.6 Å². The van der Waals surface area contributed by atoms with Gasteiger partial charge in [0.1, 0.15) is 23.7 Å². The number of para-hydroxylation sites is 1. The summed E-state index contributed by atoms with van der Waals surface area (Å²) in [6.45, 7) is 3.63. The van der Waals surface area contributed by atoms with Crippen LogP contribution in [-0.4, -0.2) is 23.6 Å². The van der Waals surface area contributed by atoms with Crippen LogP contribution in [0.2, 0.25) is 0 Å². The molecule has 0 aliphatic carbocycles. The van der Waals surface area contributed by atoms with Crippen molar-refractivity contribution in [3.63, 3.8) is 0 Å². The van der Waals surface area contributed by atoms with Crippen molar-refractivity contribution in [2.45, 2.75) is 19.9 Å². The Bertz CT molecular complexity index is 851. The lowest BCUT2D eigenvalue weighted by Gasteiger charge is -2.11. The van der Waals surface area contributed by atoms with E-state index in [2.05, 4.69) is 51.8 Å². The Morgan fingerprint density at radius 2 is 1.58 bits per heavy atom. The average molecular weight is 348 g/mol. The first kappa shape index (κ1) is 17.7. The van der Waals surface area contributed by atoms with E-state index in [1.807, 2.05) is 30.3 Å². The molecular formula is C21H24N4O. The van der Waals surface area contributed by atoms with Gasteiger partial charge in [-0.15, -0.1) is 0 Å². The first-order valence-electron chi connectivity index (χ1n) is 8.72. The predicted octanol–water partition coefficient (Wildman–Crippen LogP) is 4.06. The maximum Gasteiger partial charge on any atom is 0.131 e. The first-order valence-corrected chi connectivity index (χ1v) is 8.72. The van der Waals surface area contributed by atoms with E-state index in [0.29, 0.717) is 0 Å². The van der Waals surface area contributed by atoms with Gasteiger partial charge >= 0.3 is 0 Å². The van der Waals surface area contributed by atoms with E-state index in [1.54, 1.807) is 13.4 Å². The van der Waals surface area contributed by atoms with Gasteiger partial charge in [-0.25, -0.2) is 9.97 Å². The third-order valence-electron chi connectivity index (χ3n) is 4.28. The Hall–Kier alpha value is -3.08. The van der Waals surface area contributed by atoms with Crippen LogP contribution in [0.5, 0.6) is 5.75 Å². The van der Waals surface area contributed by atoms with E-state index in [-0.39, 0.29) is 0 Å². The third kappa shape index (κ3) is 4.72. The maximum atomic E-state index is 5.39. The van der Waals surface area contributed by atoms with Crippen molar-refractivity contribution < 1.29 is 4.74 Å². The summed E-state index contributed by atoms with van der Waals surface area (Å²) in [6, 6.07) is 18.3. The fourth-order valence-corrected chi connectivity index (χ4v) is 2.78. The number of methoxy groups -OCH3 is 1. The summed E-state index contributed by atoms with van der Waals surface area (Å²) >= 11 is 0. The highest BCUT2D eigenvalue weighted by molar-refractivity contribution is 5.47. The second-order valence-corrected chi connectivity index (χ2v) is 6.06. The minimum atomic E-state index is 0.740. The molecule has 0 amide bonds. The molecule has 3 aromatic rings. The monoisotopic (exact) mass is 348 g/mol. The molecule has 0 bridgehead atoms. The molecule has 0 atom stereocenters. The van der Waals surface area contributed by atoms with Crippen molar-refractivity contribution in [3.05, 3.63) is 77.6 Å². The second-order valence-electron chi connectivity index (χ2n) is 6.06. The number of hydrogen-bond acceptors (Lipinski definition) is 5. The van der Waals surface area contributed by atoms with Gasteiger partial charge in [-0.3, -0.25) is 0 Å². The van der Waals surface area contributed by atoms with E-state index in [4.69, 9.17) is 4.74 Å². The van der Waals surface area contributed by atoms with Crippen LogP contribution in [0.25, 0.3) is 0 Å². The highest BCUT2D eigenvalue weighted by Crippen LogP contribution is 2.18. The molecule has 5 nitrogen and oxygen atoms in total. The molecule has 0 saturated carbocycles. The van der Waals surface area contributed by atoms with Crippen LogP contribution in [-0.2, 0) is 13.0 Å². The Labute approximate surface area is 154 Å². The van der Waals surface area contributed by atoms with Crippen molar-refractivity contribution in [1.82, 2.24) is 9.97 Å². The fraction of sp³-hybridized carbons (Fsp3) is 0.238. The lowest BCUT2D eigenvalue weighted by Crippen LogP contribution is -2.09. The third-order valence-corrected chi connectivity index (χ3v) is 4.28. The summed E-state index contributed by atoms with van der Waals surface area (Å²) in [5.41, 5.74) is 3.70. The zero-order chi connectivity index (χ0) is 18.2. The smallest absolute Gasteiger partial charge is 0.131 e. The maximum absolute atomic E-state index is 5.39. The molecule has 0 fully saturated rings. The number of hydrogen-bond donors (Lipinski definition) is 2. The molecule has 0 spiro atoms. The van der Waals surface area contributed by atoms with Gasteiger partial charge in [0.25, 0.3) is 0 Å². The standard InChI is InChI=1S/C21H24N4O/c1-16-7-3-4-9-18(16)14-23-21-13-20(24-15-25-21)22-12-11-17-8-5-6-10-19(17)26-2/h3-10,13,15H,11-12,14H2,1-2H3,(H2,22,23,24,25). The number of ether oxygens (including phenoxy) is 1. The van der Waals surface area contributed by atoms with Crippen molar-refractivity contribution in [2.75, 3.05) is 24.3 Å². The van der Waals surface area contributed by atoms with Gasteiger partial charge in [0.15, 0.2) is 0 Å². The molecule has 26 heavy (non-hydrogen) atoms. The molecule has 2 N–H and O–H groups in total.